The van der Waals surface area contributed by atoms with Gasteiger partial charge in [0.2, 0.25) is 5.91 Å². The zero-order valence-electron chi connectivity index (χ0n) is 11.2. The largest absolute Gasteiger partial charge is 0.340 e. The molecule has 3 heteroatoms. The van der Waals surface area contributed by atoms with Crippen molar-refractivity contribution in [3.05, 3.63) is 35.9 Å². The Labute approximate surface area is 115 Å². The highest BCUT2D eigenvalue weighted by atomic mass is 35.5. The first kappa shape index (κ1) is 15.0. The molecule has 1 amide bonds. The van der Waals surface area contributed by atoms with E-state index in [-0.39, 0.29) is 11.9 Å². The van der Waals surface area contributed by atoms with Gasteiger partial charge in [0.15, 0.2) is 0 Å². The second kappa shape index (κ2) is 8.15. The Morgan fingerprint density at radius 3 is 2.50 bits per heavy atom. The summed E-state index contributed by atoms with van der Waals surface area (Å²) in [6.07, 6.45) is 2.24. The number of halogens is 1. The summed E-state index contributed by atoms with van der Waals surface area (Å²) in [6.45, 7) is 4.86. The number of carbonyl (C=O) groups excluding carboxylic acids is 1. The van der Waals surface area contributed by atoms with E-state index in [0.29, 0.717) is 12.3 Å². The first-order chi connectivity index (χ1) is 8.65. The fraction of sp³-hybridized carbons (Fsp3) is 0.533. The molecular weight excluding hydrogens is 246 g/mol. The minimum absolute atomic E-state index is 0.221. The molecule has 0 fully saturated rings. The molecule has 18 heavy (non-hydrogen) atoms. The Balaban J connectivity index is 2.46. The molecule has 0 aliphatic rings. The molecule has 0 radical (unpaired) electrons. The predicted molar refractivity (Wildman–Crippen MR) is 76.9 cm³/mol. The van der Waals surface area contributed by atoms with Gasteiger partial charge in [-0.1, -0.05) is 30.3 Å². The summed E-state index contributed by atoms with van der Waals surface area (Å²) in [4.78, 5) is 14.1. The highest BCUT2D eigenvalue weighted by molar-refractivity contribution is 6.17. The minimum atomic E-state index is 0.221. The van der Waals surface area contributed by atoms with Crippen LogP contribution < -0.4 is 0 Å². The lowest BCUT2D eigenvalue weighted by atomic mass is 10.1. The standard InChI is InChI=1S/C15H22ClNO/c1-13(2)17(12-6-11-16)15(18)10-9-14-7-4-3-5-8-14/h3-5,7-8,13H,6,9-12H2,1-2H3. The van der Waals surface area contributed by atoms with E-state index < -0.39 is 0 Å². The van der Waals surface area contributed by atoms with Crippen molar-refractivity contribution in [2.24, 2.45) is 0 Å². The maximum Gasteiger partial charge on any atom is 0.223 e. The molecule has 0 bridgehead atoms. The average molecular weight is 268 g/mol. The van der Waals surface area contributed by atoms with E-state index in [2.05, 4.69) is 26.0 Å². The molecule has 0 N–H and O–H groups in total. The third-order valence-corrected chi connectivity index (χ3v) is 3.21. The van der Waals surface area contributed by atoms with Crippen LogP contribution in [0.5, 0.6) is 0 Å². The number of rotatable bonds is 7. The van der Waals surface area contributed by atoms with Crippen LogP contribution in [0, 0.1) is 0 Å². The van der Waals surface area contributed by atoms with Crippen LogP contribution in [0.2, 0.25) is 0 Å². The number of benzene rings is 1. The highest BCUT2D eigenvalue weighted by Gasteiger charge is 2.15. The normalized spacial score (nSPS) is 10.7. The Bertz CT molecular complexity index is 351. The number of amides is 1. The summed E-state index contributed by atoms with van der Waals surface area (Å²) in [5.74, 6) is 0.828. The van der Waals surface area contributed by atoms with Crippen molar-refractivity contribution in [2.75, 3.05) is 12.4 Å². The van der Waals surface area contributed by atoms with Gasteiger partial charge >= 0.3 is 0 Å². The van der Waals surface area contributed by atoms with Crippen molar-refractivity contribution in [3.63, 3.8) is 0 Å². The Morgan fingerprint density at radius 2 is 1.94 bits per heavy atom. The summed E-state index contributed by atoms with van der Waals surface area (Å²) < 4.78 is 0. The predicted octanol–water partition coefficient (Wildman–Crippen LogP) is 3.49. The molecule has 0 heterocycles. The lowest BCUT2D eigenvalue weighted by Gasteiger charge is -2.26. The summed E-state index contributed by atoms with van der Waals surface area (Å²) in [7, 11) is 0. The van der Waals surface area contributed by atoms with Crippen molar-refractivity contribution < 1.29 is 4.79 Å². The SMILES string of the molecule is CC(C)N(CCCCl)C(=O)CCc1ccccc1. The average Bonchev–Trinajstić information content (AvgIpc) is 2.37. The molecule has 0 spiro atoms. The number of hydrogen-bond acceptors (Lipinski definition) is 1. The molecule has 0 aromatic heterocycles. The lowest BCUT2D eigenvalue weighted by molar-refractivity contribution is -0.132. The van der Waals surface area contributed by atoms with Crippen molar-refractivity contribution in [1.82, 2.24) is 4.90 Å². The third kappa shape index (κ3) is 5.09. The van der Waals surface area contributed by atoms with Gasteiger partial charge in [-0.15, -0.1) is 11.6 Å². The van der Waals surface area contributed by atoms with E-state index in [1.807, 2.05) is 23.1 Å². The minimum Gasteiger partial charge on any atom is -0.340 e. The fourth-order valence-corrected chi connectivity index (χ4v) is 2.06. The number of nitrogens with zero attached hydrogens (tertiary/aromatic N) is 1. The molecule has 1 aromatic rings. The van der Waals surface area contributed by atoms with Crippen LogP contribution in [0.25, 0.3) is 0 Å². The van der Waals surface area contributed by atoms with E-state index in [0.717, 1.165) is 19.4 Å². The van der Waals surface area contributed by atoms with Crippen LogP contribution in [-0.2, 0) is 11.2 Å². The van der Waals surface area contributed by atoms with Crippen molar-refractivity contribution >= 4 is 17.5 Å². The maximum atomic E-state index is 12.1. The molecular formula is C15H22ClNO. The maximum absolute atomic E-state index is 12.1. The number of hydrogen-bond donors (Lipinski definition) is 0. The van der Waals surface area contributed by atoms with E-state index >= 15 is 0 Å². The smallest absolute Gasteiger partial charge is 0.223 e. The molecule has 1 aromatic carbocycles. The number of carbonyl (C=O) groups is 1. The Hall–Kier alpha value is -1.02. The molecule has 100 valence electrons. The van der Waals surface area contributed by atoms with Crippen LogP contribution in [0.4, 0.5) is 0 Å². The second-order valence-electron chi connectivity index (χ2n) is 4.71. The zero-order chi connectivity index (χ0) is 13.4. The molecule has 0 unspecified atom stereocenters. The first-order valence-electron chi connectivity index (χ1n) is 6.54. The zero-order valence-corrected chi connectivity index (χ0v) is 12.0. The van der Waals surface area contributed by atoms with E-state index in [1.54, 1.807) is 0 Å². The fourth-order valence-electron chi connectivity index (χ4n) is 1.94. The molecule has 0 saturated heterocycles. The summed E-state index contributed by atoms with van der Waals surface area (Å²) in [5.41, 5.74) is 1.21. The van der Waals surface area contributed by atoms with Crippen LogP contribution >= 0.6 is 11.6 Å². The summed E-state index contributed by atoms with van der Waals surface area (Å²) in [5, 5.41) is 0. The quantitative estimate of drug-likeness (QED) is 0.693. The molecule has 0 saturated carbocycles. The number of alkyl halides is 1. The van der Waals surface area contributed by atoms with Gasteiger partial charge in [-0.2, -0.15) is 0 Å². The third-order valence-electron chi connectivity index (χ3n) is 2.95. The van der Waals surface area contributed by atoms with E-state index in [9.17, 15) is 4.79 Å². The second-order valence-corrected chi connectivity index (χ2v) is 5.09. The summed E-state index contributed by atoms with van der Waals surface area (Å²) >= 11 is 5.69. The number of aryl methyl sites for hydroxylation is 1. The van der Waals surface area contributed by atoms with E-state index in [1.165, 1.54) is 5.56 Å². The van der Waals surface area contributed by atoms with Gasteiger partial charge in [0, 0.05) is 24.9 Å². The van der Waals surface area contributed by atoms with Gasteiger partial charge in [0.1, 0.15) is 0 Å². The van der Waals surface area contributed by atoms with Gasteiger partial charge in [-0.25, -0.2) is 0 Å². The van der Waals surface area contributed by atoms with E-state index in [4.69, 9.17) is 11.6 Å². The Kier molecular flexibility index (Phi) is 6.81. The van der Waals surface area contributed by atoms with Crippen LogP contribution in [0.3, 0.4) is 0 Å². The Morgan fingerprint density at radius 1 is 1.28 bits per heavy atom. The highest BCUT2D eigenvalue weighted by Crippen LogP contribution is 2.08. The first-order valence-corrected chi connectivity index (χ1v) is 7.08. The van der Waals surface area contributed by atoms with Gasteiger partial charge < -0.3 is 4.90 Å². The van der Waals surface area contributed by atoms with Crippen molar-refractivity contribution in [3.8, 4) is 0 Å². The van der Waals surface area contributed by atoms with Crippen LogP contribution in [-0.4, -0.2) is 29.3 Å². The molecule has 2 nitrogen and oxygen atoms in total. The van der Waals surface area contributed by atoms with Gasteiger partial charge in [0.25, 0.3) is 0 Å². The molecule has 0 aliphatic carbocycles. The molecule has 0 aliphatic heterocycles. The van der Waals surface area contributed by atoms with Gasteiger partial charge in [-0.05, 0) is 32.3 Å². The van der Waals surface area contributed by atoms with Crippen LogP contribution in [0.15, 0.2) is 30.3 Å². The van der Waals surface area contributed by atoms with Crippen LogP contribution in [0.1, 0.15) is 32.3 Å². The van der Waals surface area contributed by atoms with Crippen molar-refractivity contribution in [2.45, 2.75) is 39.2 Å². The van der Waals surface area contributed by atoms with Crippen molar-refractivity contribution in [1.29, 1.82) is 0 Å². The summed E-state index contributed by atoms with van der Waals surface area (Å²) in [6, 6.07) is 10.4. The monoisotopic (exact) mass is 267 g/mol. The lowest BCUT2D eigenvalue weighted by Crippen LogP contribution is -2.38. The molecule has 1 rings (SSSR count). The van der Waals surface area contributed by atoms with Gasteiger partial charge in [0.05, 0.1) is 0 Å². The topological polar surface area (TPSA) is 20.3 Å². The van der Waals surface area contributed by atoms with Gasteiger partial charge in [-0.3, -0.25) is 4.79 Å². The molecule has 0 atom stereocenters.